The number of carbonyl (C=O) groups is 1. The summed E-state index contributed by atoms with van der Waals surface area (Å²) < 4.78 is -1.86. The van der Waals surface area contributed by atoms with E-state index in [-0.39, 0.29) is 11.0 Å². The molecule has 0 aliphatic carbocycles. The first kappa shape index (κ1) is 25.3. The molecule has 0 saturated heterocycles. The lowest BCUT2D eigenvalue weighted by Gasteiger charge is -2.29. The van der Waals surface area contributed by atoms with Crippen molar-refractivity contribution in [3.05, 3.63) is 101 Å². The number of halogens is 3. The Labute approximate surface area is 214 Å². The molecule has 1 unspecified atom stereocenters. The van der Waals surface area contributed by atoms with E-state index < -0.39 is 15.9 Å². The van der Waals surface area contributed by atoms with Gasteiger partial charge in [0.1, 0.15) is 6.17 Å². The van der Waals surface area contributed by atoms with Crippen LogP contribution < -0.4 is 16.0 Å². The van der Waals surface area contributed by atoms with Crippen LogP contribution in [-0.4, -0.2) is 21.0 Å². The molecule has 33 heavy (non-hydrogen) atoms. The third kappa shape index (κ3) is 7.08. The molecular formula is C25H24Cl3N3OS. The third-order valence-corrected chi connectivity index (χ3v) is 6.06. The summed E-state index contributed by atoms with van der Waals surface area (Å²) in [7, 11) is 0. The minimum atomic E-state index is -1.86. The molecule has 8 heteroatoms. The minimum Gasteiger partial charge on any atom is -0.339 e. The fraction of sp³-hybridized carbons (Fsp3) is 0.200. The number of carbonyl (C=O) groups excluding carboxylic acids is 1. The Balaban J connectivity index is 1.80. The molecule has 1 atom stereocenters. The van der Waals surface area contributed by atoms with Crippen molar-refractivity contribution in [2.45, 2.75) is 29.7 Å². The molecule has 3 aromatic rings. The smallest absolute Gasteiger partial charge is 0.233 e. The zero-order valence-electron chi connectivity index (χ0n) is 18.1. The average molecular weight is 521 g/mol. The molecule has 0 aromatic heterocycles. The number of amides is 1. The number of nitrogens with one attached hydrogen (secondary N) is 3. The Bertz CT molecular complexity index is 1070. The summed E-state index contributed by atoms with van der Waals surface area (Å²) in [6, 6.07) is 24.7. The topological polar surface area (TPSA) is 53.2 Å². The van der Waals surface area contributed by atoms with Crippen LogP contribution in [0.2, 0.25) is 0 Å². The molecule has 3 rings (SSSR count). The summed E-state index contributed by atoms with van der Waals surface area (Å²) in [5, 5.41) is 9.02. The van der Waals surface area contributed by atoms with Crippen molar-refractivity contribution in [3.8, 4) is 0 Å². The van der Waals surface area contributed by atoms with Crippen LogP contribution in [0.5, 0.6) is 0 Å². The fourth-order valence-corrected chi connectivity index (χ4v) is 3.89. The Morgan fingerprint density at radius 3 is 1.85 bits per heavy atom. The number of rotatable bonds is 6. The first-order valence-electron chi connectivity index (χ1n) is 10.3. The first-order valence-corrected chi connectivity index (χ1v) is 11.8. The van der Waals surface area contributed by atoms with E-state index >= 15 is 0 Å². The van der Waals surface area contributed by atoms with Crippen molar-refractivity contribution in [1.29, 1.82) is 0 Å². The zero-order valence-corrected chi connectivity index (χ0v) is 21.2. The number of hydrogen-bond acceptors (Lipinski definition) is 2. The van der Waals surface area contributed by atoms with Crippen molar-refractivity contribution in [1.82, 2.24) is 10.6 Å². The van der Waals surface area contributed by atoms with Gasteiger partial charge in [-0.2, -0.15) is 0 Å². The Hall–Kier alpha value is -2.31. The average Bonchev–Trinajstić information content (AvgIpc) is 2.77. The molecule has 0 spiro atoms. The van der Waals surface area contributed by atoms with Gasteiger partial charge in [0.15, 0.2) is 5.11 Å². The number of alkyl halides is 3. The number of anilines is 1. The van der Waals surface area contributed by atoms with E-state index in [0.717, 1.165) is 22.4 Å². The van der Waals surface area contributed by atoms with Gasteiger partial charge in [0.25, 0.3) is 0 Å². The second-order valence-corrected chi connectivity index (χ2v) is 10.4. The van der Waals surface area contributed by atoms with Crippen LogP contribution >= 0.6 is 47.0 Å². The van der Waals surface area contributed by atoms with Crippen LogP contribution in [0.25, 0.3) is 0 Å². The van der Waals surface area contributed by atoms with Crippen LogP contribution in [-0.2, 0) is 4.79 Å². The Morgan fingerprint density at radius 1 is 0.818 bits per heavy atom. The molecule has 0 saturated carbocycles. The number of thiocarbonyl (C=S) groups is 1. The molecule has 3 N–H and O–H groups in total. The van der Waals surface area contributed by atoms with E-state index in [9.17, 15) is 4.79 Å². The predicted molar refractivity (Wildman–Crippen MR) is 142 cm³/mol. The van der Waals surface area contributed by atoms with Gasteiger partial charge in [0.05, 0.1) is 5.92 Å². The van der Waals surface area contributed by atoms with Gasteiger partial charge < -0.3 is 16.0 Å². The van der Waals surface area contributed by atoms with E-state index in [1.807, 2.05) is 92.7 Å². The summed E-state index contributed by atoms with van der Waals surface area (Å²) in [5.41, 5.74) is 4.71. The normalized spacial score (nSPS) is 12.2. The Kier molecular flexibility index (Phi) is 8.60. The fourth-order valence-electron chi connectivity index (χ4n) is 3.33. The Morgan fingerprint density at radius 2 is 1.36 bits per heavy atom. The lowest BCUT2D eigenvalue weighted by molar-refractivity contribution is -0.122. The summed E-state index contributed by atoms with van der Waals surface area (Å²) in [6.07, 6.45) is -1.07. The molecule has 0 fully saturated rings. The molecule has 0 heterocycles. The van der Waals surface area contributed by atoms with Gasteiger partial charge in [-0.1, -0.05) is 102 Å². The largest absolute Gasteiger partial charge is 0.339 e. The quantitative estimate of drug-likeness (QED) is 0.205. The number of hydrogen-bond donors (Lipinski definition) is 3. The highest BCUT2D eigenvalue weighted by Crippen LogP contribution is 2.31. The van der Waals surface area contributed by atoms with Crippen LogP contribution in [0, 0.1) is 13.8 Å². The van der Waals surface area contributed by atoms with Gasteiger partial charge in [-0.05, 0) is 60.5 Å². The molecule has 4 nitrogen and oxygen atoms in total. The third-order valence-electron chi connectivity index (χ3n) is 5.18. The number of benzene rings is 3. The van der Waals surface area contributed by atoms with Crippen molar-refractivity contribution >= 4 is 63.7 Å². The van der Waals surface area contributed by atoms with E-state index in [0.29, 0.717) is 0 Å². The van der Waals surface area contributed by atoms with Crippen LogP contribution in [0.1, 0.15) is 28.2 Å². The summed E-state index contributed by atoms with van der Waals surface area (Å²) in [6.45, 7) is 4.04. The van der Waals surface area contributed by atoms with E-state index in [1.54, 1.807) is 0 Å². The van der Waals surface area contributed by atoms with Gasteiger partial charge in [-0.15, -0.1) is 0 Å². The van der Waals surface area contributed by atoms with Crippen LogP contribution in [0.15, 0.2) is 78.9 Å². The van der Waals surface area contributed by atoms with Gasteiger partial charge in [0.2, 0.25) is 9.70 Å². The summed E-state index contributed by atoms with van der Waals surface area (Å²) in [4.78, 5) is 13.4. The van der Waals surface area contributed by atoms with Crippen molar-refractivity contribution in [3.63, 3.8) is 0 Å². The maximum Gasteiger partial charge on any atom is 0.233 e. The molecule has 0 aliphatic heterocycles. The standard InChI is InChI=1S/C25H24Cl3N3OS/c1-16-13-14-20(15-17(16)2)29-24(33)31-23(25(26,27)28)30-22(32)21(18-9-5-3-6-10-18)19-11-7-4-8-12-19/h3-15,21,23H,1-2H3,(H,30,32)(H2,29,31,33). The molecular weight excluding hydrogens is 497 g/mol. The first-order chi connectivity index (χ1) is 15.6. The SMILES string of the molecule is Cc1ccc(NC(=S)NC(NC(=O)C(c2ccccc2)c2ccccc2)C(Cl)(Cl)Cl)cc1C. The van der Waals surface area contributed by atoms with Crippen LogP contribution in [0.3, 0.4) is 0 Å². The highest BCUT2D eigenvalue weighted by molar-refractivity contribution is 7.80. The minimum absolute atomic E-state index is 0.214. The molecule has 3 aromatic carbocycles. The summed E-state index contributed by atoms with van der Waals surface area (Å²) in [5.74, 6) is -0.921. The van der Waals surface area contributed by atoms with Gasteiger partial charge in [-0.3, -0.25) is 4.79 Å². The molecule has 0 aliphatic rings. The van der Waals surface area contributed by atoms with Crippen molar-refractivity contribution in [2.24, 2.45) is 0 Å². The maximum atomic E-state index is 13.4. The maximum absolute atomic E-state index is 13.4. The highest BCUT2D eigenvalue weighted by Gasteiger charge is 2.36. The van der Waals surface area contributed by atoms with Crippen molar-refractivity contribution in [2.75, 3.05) is 5.32 Å². The molecule has 1 amide bonds. The van der Waals surface area contributed by atoms with E-state index in [2.05, 4.69) is 16.0 Å². The van der Waals surface area contributed by atoms with Gasteiger partial charge in [-0.25, -0.2) is 0 Å². The molecule has 0 bridgehead atoms. The van der Waals surface area contributed by atoms with Gasteiger partial charge >= 0.3 is 0 Å². The van der Waals surface area contributed by atoms with E-state index in [1.165, 1.54) is 5.56 Å². The van der Waals surface area contributed by atoms with E-state index in [4.69, 9.17) is 47.0 Å². The lowest BCUT2D eigenvalue weighted by atomic mass is 9.90. The van der Waals surface area contributed by atoms with Crippen molar-refractivity contribution < 1.29 is 4.79 Å². The molecule has 0 radical (unpaired) electrons. The molecule has 172 valence electrons. The zero-order chi connectivity index (χ0) is 24.0. The van der Waals surface area contributed by atoms with Crippen LogP contribution in [0.4, 0.5) is 5.69 Å². The highest BCUT2D eigenvalue weighted by atomic mass is 35.6. The second kappa shape index (κ2) is 11.2. The number of aryl methyl sites for hydroxylation is 2. The predicted octanol–water partition coefficient (Wildman–Crippen LogP) is 6.23. The lowest BCUT2D eigenvalue weighted by Crippen LogP contribution is -2.57. The van der Waals surface area contributed by atoms with Gasteiger partial charge in [0, 0.05) is 5.69 Å². The summed E-state index contributed by atoms with van der Waals surface area (Å²) >= 11 is 24.0. The second-order valence-electron chi connectivity index (χ2n) is 7.64. The monoisotopic (exact) mass is 519 g/mol.